The third-order valence-electron chi connectivity index (χ3n) is 4.48. The molecule has 1 aromatic carbocycles. The van der Waals surface area contributed by atoms with Crippen molar-refractivity contribution in [3.05, 3.63) is 47.8 Å². The molecular formula is C18H24N4O2. The summed E-state index contributed by atoms with van der Waals surface area (Å²) >= 11 is 0. The highest BCUT2D eigenvalue weighted by Gasteiger charge is 2.28. The lowest BCUT2D eigenvalue weighted by atomic mass is 10.0. The SMILES string of the molecule is COC[C@@H]1CCCCN1C(=O)c1cn(CCc2ccccc2)nn1. The van der Waals surface area contributed by atoms with E-state index in [4.69, 9.17) is 4.74 Å². The first kappa shape index (κ1) is 16.6. The monoisotopic (exact) mass is 328 g/mol. The van der Waals surface area contributed by atoms with Gasteiger partial charge in [0, 0.05) is 20.2 Å². The highest BCUT2D eigenvalue weighted by Crippen LogP contribution is 2.19. The van der Waals surface area contributed by atoms with Gasteiger partial charge in [0.15, 0.2) is 5.69 Å². The van der Waals surface area contributed by atoms with E-state index in [0.717, 1.165) is 32.2 Å². The topological polar surface area (TPSA) is 60.2 Å². The zero-order valence-electron chi connectivity index (χ0n) is 14.1. The molecule has 1 amide bonds. The number of aromatic nitrogens is 3. The second-order valence-corrected chi connectivity index (χ2v) is 6.21. The second-order valence-electron chi connectivity index (χ2n) is 6.21. The van der Waals surface area contributed by atoms with E-state index in [0.29, 0.717) is 18.8 Å². The van der Waals surface area contributed by atoms with E-state index in [-0.39, 0.29) is 11.9 Å². The van der Waals surface area contributed by atoms with Crippen LogP contribution in [0.5, 0.6) is 0 Å². The van der Waals surface area contributed by atoms with Crippen LogP contribution in [0.1, 0.15) is 35.3 Å². The first-order valence-electron chi connectivity index (χ1n) is 8.52. The van der Waals surface area contributed by atoms with Gasteiger partial charge in [-0.15, -0.1) is 5.10 Å². The van der Waals surface area contributed by atoms with Gasteiger partial charge < -0.3 is 9.64 Å². The maximum atomic E-state index is 12.7. The van der Waals surface area contributed by atoms with Gasteiger partial charge >= 0.3 is 0 Å². The summed E-state index contributed by atoms with van der Waals surface area (Å²) in [5.74, 6) is -0.0392. The molecule has 2 heterocycles. The third kappa shape index (κ3) is 4.00. The first-order valence-corrected chi connectivity index (χ1v) is 8.52. The number of carbonyl (C=O) groups is 1. The molecule has 3 rings (SSSR count). The maximum absolute atomic E-state index is 12.7. The van der Waals surface area contributed by atoms with Gasteiger partial charge in [-0.05, 0) is 31.2 Å². The lowest BCUT2D eigenvalue weighted by molar-refractivity contribution is 0.0423. The smallest absolute Gasteiger partial charge is 0.276 e. The Morgan fingerprint density at radius 3 is 2.92 bits per heavy atom. The first-order chi connectivity index (χ1) is 11.8. The molecule has 128 valence electrons. The fourth-order valence-electron chi connectivity index (χ4n) is 3.17. The Bertz CT molecular complexity index is 654. The van der Waals surface area contributed by atoms with Gasteiger partial charge in [-0.25, -0.2) is 0 Å². The summed E-state index contributed by atoms with van der Waals surface area (Å²) in [6.07, 6.45) is 5.79. The van der Waals surface area contributed by atoms with Crippen LogP contribution in [0.2, 0.25) is 0 Å². The number of ether oxygens (including phenoxy) is 1. The standard InChI is InChI=1S/C18H24N4O2/c1-24-14-16-9-5-6-11-22(16)18(23)17-13-21(20-19-17)12-10-15-7-3-2-4-8-15/h2-4,7-8,13,16H,5-6,9-12,14H2,1H3/t16-/m0/s1. The minimum absolute atomic E-state index is 0.0392. The number of likely N-dealkylation sites (tertiary alicyclic amines) is 1. The van der Waals surface area contributed by atoms with Crippen molar-refractivity contribution >= 4 is 5.91 Å². The Morgan fingerprint density at radius 1 is 1.29 bits per heavy atom. The Labute approximate surface area is 142 Å². The van der Waals surface area contributed by atoms with Crippen LogP contribution >= 0.6 is 0 Å². The molecule has 2 aromatic rings. The summed E-state index contributed by atoms with van der Waals surface area (Å²) in [7, 11) is 1.68. The highest BCUT2D eigenvalue weighted by molar-refractivity contribution is 5.92. The van der Waals surface area contributed by atoms with E-state index >= 15 is 0 Å². The van der Waals surface area contributed by atoms with Crippen LogP contribution in [-0.4, -0.2) is 52.1 Å². The number of amides is 1. The molecule has 0 N–H and O–H groups in total. The summed E-state index contributed by atoms with van der Waals surface area (Å²) in [4.78, 5) is 14.6. The van der Waals surface area contributed by atoms with Crippen LogP contribution in [0.3, 0.4) is 0 Å². The fraction of sp³-hybridized carbons (Fsp3) is 0.500. The third-order valence-corrected chi connectivity index (χ3v) is 4.48. The maximum Gasteiger partial charge on any atom is 0.276 e. The summed E-state index contributed by atoms with van der Waals surface area (Å²) in [5, 5.41) is 8.19. The van der Waals surface area contributed by atoms with Gasteiger partial charge in [0.2, 0.25) is 0 Å². The normalized spacial score (nSPS) is 17.9. The molecule has 0 bridgehead atoms. The molecule has 1 fully saturated rings. The van der Waals surface area contributed by atoms with Crippen molar-refractivity contribution in [3.63, 3.8) is 0 Å². The number of aryl methyl sites for hydroxylation is 2. The van der Waals surface area contributed by atoms with Crippen molar-refractivity contribution in [2.24, 2.45) is 0 Å². The summed E-state index contributed by atoms with van der Waals surface area (Å²) in [6.45, 7) is 2.06. The average molecular weight is 328 g/mol. The molecule has 0 radical (unpaired) electrons. The molecule has 1 aromatic heterocycles. The van der Waals surface area contributed by atoms with Crippen LogP contribution in [-0.2, 0) is 17.7 Å². The predicted octanol–water partition coefficient (Wildman–Crippen LogP) is 2.16. The molecule has 1 aliphatic heterocycles. The van der Waals surface area contributed by atoms with Gasteiger partial charge in [0.05, 0.1) is 18.8 Å². The van der Waals surface area contributed by atoms with Crippen molar-refractivity contribution in [1.29, 1.82) is 0 Å². The lowest BCUT2D eigenvalue weighted by Crippen LogP contribution is -2.46. The van der Waals surface area contributed by atoms with Crippen LogP contribution < -0.4 is 0 Å². The molecule has 0 saturated carbocycles. The van der Waals surface area contributed by atoms with E-state index < -0.39 is 0 Å². The van der Waals surface area contributed by atoms with E-state index in [1.165, 1.54) is 5.56 Å². The van der Waals surface area contributed by atoms with Crippen LogP contribution in [0.15, 0.2) is 36.5 Å². The Kier molecular flexibility index (Phi) is 5.59. The number of carbonyl (C=O) groups excluding carboxylic acids is 1. The molecule has 6 heteroatoms. The number of benzene rings is 1. The van der Waals surface area contributed by atoms with E-state index in [1.54, 1.807) is 18.0 Å². The van der Waals surface area contributed by atoms with Gasteiger partial charge in [0.25, 0.3) is 5.91 Å². The highest BCUT2D eigenvalue weighted by atomic mass is 16.5. The van der Waals surface area contributed by atoms with Gasteiger partial charge in [-0.2, -0.15) is 0 Å². The number of nitrogens with zero attached hydrogens (tertiary/aromatic N) is 4. The van der Waals surface area contributed by atoms with Crippen LogP contribution in [0.25, 0.3) is 0 Å². The minimum Gasteiger partial charge on any atom is -0.383 e. The largest absolute Gasteiger partial charge is 0.383 e. The number of methoxy groups -OCH3 is 1. The van der Waals surface area contributed by atoms with E-state index in [1.807, 2.05) is 23.1 Å². The molecule has 6 nitrogen and oxygen atoms in total. The van der Waals surface area contributed by atoms with Crippen molar-refractivity contribution < 1.29 is 9.53 Å². The number of hydrogen-bond acceptors (Lipinski definition) is 4. The summed E-state index contributed by atoms with van der Waals surface area (Å²) in [5.41, 5.74) is 1.67. The molecule has 0 spiro atoms. The zero-order valence-corrected chi connectivity index (χ0v) is 14.1. The quantitative estimate of drug-likeness (QED) is 0.815. The van der Waals surface area contributed by atoms with Crippen molar-refractivity contribution in [1.82, 2.24) is 19.9 Å². The number of hydrogen-bond donors (Lipinski definition) is 0. The second kappa shape index (κ2) is 8.06. The van der Waals surface area contributed by atoms with Gasteiger partial charge in [-0.1, -0.05) is 35.5 Å². The number of piperidine rings is 1. The average Bonchev–Trinajstić information content (AvgIpc) is 3.10. The van der Waals surface area contributed by atoms with Crippen molar-refractivity contribution in [2.75, 3.05) is 20.3 Å². The summed E-state index contributed by atoms with van der Waals surface area (Å²) < 4.78 is 7.00. The van der Waals surface area contributed by atoms with Crippen LogP contribution in [0, 0.1) is 0 Å². The Morgan fingerprint density at radius 2 is 2.12 bits per heavy atom. The number of rotatable bonds is 6. The predicted molar refractivity (Wildman–Crippen MR) is 90.7 cm³/mol. The van der Waals surface area contributed by atoms with Crippen LogP contribution in [0.4, 0.5) is 0 Å². The molecule has 24 heavy (non-hydrogen) atoms. The van der Waals surface area contributed by atoms with E-state index in [2.05, 4.69) is 22.4 Å². The van der Waals surface area contributed by atoms with Crippen molar-refractivity contribution in [2.45, 2.75) is 38.3 Å². The molecular weight excluding hydrogens is 304 g/mol. The minimum atomic E-state index is -0.0392. The Balaban J connectivity index is 1.62. The van der Waals surface area contributed by atoms with Gasteiger partial charge in [0.1, 0.15) is 0 Å². The lowest BCUT2D eigenvalue weighted by Gasteiger charge is -2.34. The van der Waals surface area contributed by atoms with Crippen molar-refractivity contribution in [3.8, 4) is 0 Å². The van der Waals surface area contributed by atoms with E-state index in [9.17, 15) is 4.79 Å². The molecule has 1 atom stereocenters. The molecule has 1 aliphatic rings. The van der Waals surface area contributed by atoms with Gasteiger partial charge in [-0.3, -0.25) is 9.48 Å². The molecule has 1 saturated heterocycles. The summed E-state index contributed by atoms with van der Waals surface area (Å²) in [6, 6.07) is 10.4. The zero-order chi connectivity index (χ0) is 16.8. The molecule has 0 unspecified atom stereocenters. The Hall–Kier alpha value is -2.21. The molecule has 0 aliphatic carbocycles. The fourth-order valence-corrected chi connectivity index (χ4v) is 3.17.